The van der Waals surface area contributed by atoms with Gasteiger partial charge >= 0.3 is 5.97 Å². The van der Waals surface area contributed by atoms with Gasteiger partial charge in [-0.3, -0.25) is 9.59 Å². The van der Waals surface area contributed by atoms with E-state index in [9.17, 15) is 19.5 Å². The first-order chi connectivity index (χ1) is 16.0. The maximum Gasteiger partial charge on any atom is 0.337 e. The Labute approximate surface area is 206 Å². The Morgan fingerprint density at radius 1 is 1.26 bits per heavy atom. The molecular weight excluding hydrogens is 474 g/mol. The van der Waals surface area contributed by atoms with Gasteiger partial charge in [-0.15, -0.1) is 17.3 Å². The molecule has 9 heteroatoms. The summed E-state index contributed by atoms with van der Waals surface area (Å²) in [5.41, 5.74) is 3.71. The van der Waals surface area contributed by atoms with Crippen LogP contribution in [-0.2, 0) is 23.3 Å². The molecule has 0 aliphatic rings. The summed E-state index contributed by atoms with van der Waals surface area (Å²) in [7, 11) is 0. The minimum atomic E-state index is -1.86. The van der Waals surface area contributed by atoms with Crippen LogP contribution in [0.15, 0.2) is 41.3 Å². The Balaban J connectivity index is 2.06. The van der Waals surface area contributed by atoms with E-state index >= 15 is 0 Å². The molecule has 1 aromatic carbocycles. The zero-order chi connectivity index (χ0) is 25.3. The number of benzene rings is 1. The first-order valence-electron chi connectivity index (χ1n) is 10.6. The molecule has 0 radical (unpaired) electrons. The number of carboxylic acid groups (broad SMARTS) is 1. The number of carboxylic acids is 1. The van der Waals surface area contributed by atoms with Crippen LogP contribution in [0.25, 0.3) is 10.2 Å². The van der Waals surface area contributed by atoms with Gasteiger partial charge in [-0.25, -0.2) is 4.79 Å². The largest absolute Gasteiger partial charge is 0.479 e. The van der Waals surface area contributed by atoms with Crippen LogP contribution in [0, 0.1) is 11.8 Å². The van der Waals surface area contributed by atoms with E-state index in [1.54, 1.807) is 44.2 Å². The van der Waals surface area contributed by atoms with Gasteiger partial charge < -0.3 is 20.7 Å². The number of halogens is 1. The number of carbonyl (C=O) groups is 2. The van der Waals surface area contributed by atoms with Crippen LogP contribution in [-0.4, -0.2) is 27.1 Å². The van der Waals surface area contributed by atoms with E-state index in [0.29, 0.717) is 26.7 Å². The molecule has 2 aromatic heterocycles. The lowest BCUT2D eigenvalue weighted by atomic mass is 9.72. The number of nitrogens with zero attached hydrogens (tertiary/aromatic N) is 1. The molecule has 0 bridgehead atoms. The second-order valence-electron chi connectivity index (χ2n) is 8.41. The summed E-state index contributed by atoms with van der Waals surface area (Å²) < 4.78 is 1.81. The normalized spacial score (nSPS) is 13.1. The number of hydrogen-bond acceptors (Lipinski definition) is 5. The van der Waals surface area contributed by atoms with Crippen LogP contribution in [0.1, 0.15) is 48.5 Å². The quantitative estimate of drug-likeness (QED) is 0.428. The molecule has 7 nitrogen and oxygen atoms in total. The monoisotopic (exact) mass is 499 g/mol. The maximum absolute atomic E-state index is 13.3. The van der Waals surface area contributed by atoms with Crippen molar-refractivity contribution in [3.8, 4) is 11.8 Å². The molecule has 4 N–H and O–H groups in total. The number of aliphatic carboxylic acids is 1. The van der Waals surface area contributed by atoms with E-state index in [-0.39, 0.29) is 12.1 Å². The minimum Gasteiger partial charge on any atom is -0.479 e. The summed E-state index contributed by atoms with van der Waals surface area (Å²) >= 11 is 7.18. The molecule has 0 spiro atoms. The van der Waals surface area contributed by atoms with E-state index in [0.717, 1.165) is 5.56 Å². The van der Waals surface area contributed by atoms with Crippen molar-refractivity contribution in [1.29, 1.82) is 0 Å². The lowest BCUT2D eigenvalue weighted by Gasteiger charge is -2.35. The topological polar surface area (TPSA) is 114 Å². The Morgan fingerprint density at radius 3 is 2.47 bits per heavy atom. The zero-order valence-electron chi connectivity index (χ0n) is 19.4. The number of rotatable bonds is 7. The molecular formula is C25H26ClN3O4S. The van der Waals surface area contributed by atoms with Gasteiger partial charge in [0.05, 0.1) is 5.39 Å². The molecule has 0 aliphatic heterocycles. The summed E-state index contributed by atoms with van der Waals surface area (Å²) in [4.78, 5) is 39.4. The van der Waals surface area contributed by atoms with Gasteiger partial charge in [0.25, 0.3) is 5.91 Å². The van der Waals surface area contributed by atoms with Gasteiger partial charge in [-0.2, -0.15) is 0 Å². The van der Waals surface area contributed by atoms with Gasteiger partial charge in [0.15, 0.2) is 5.54 Å². The molecule has 178 valence electrons. The highest BCUT2D eigenvalue weighted by molar-refractivity contribution is 7.18. The highest BCUT2D eigenvalue weighted by Crippen LogP contribution is 2.40. The summed E-state index contributed by atoms with van der Waals surface area (Å²) in [6, 6.07) is 8.68. The Bertz CT molecular complexity index is 1380. The molecule has 3 rings (SSSR count). The fraction of sp³-hybridized carbons (Fsp3) is 0.320. The van der Waals surface area contributed by atoms with Crippen molar-refractivity contribution >= 4 is 45.0 Å². The fourth-order valence-corrected chi connectivity index (χ4v) is 5.12. The van der Waals surface area contributed by atoms with Crippen molar-refractivity contribution in [3.63, 3.8) is 0 Å². The lowest BCUT2D eigenvalue weighted by molar-refractivity contribution is -0.143. The smallest absolute Gasteiger partial charge is 0.337 e. The number of aromatic nitrogens is 1. The summed E-state index contributed by atoms with van der Waals surface area (Å²) in [6.07, 6.45) is 1.54. The first-order valence-corrected chi connectivity index (χ1v) is 11.8. The molecule has 2 heterocycles. The predicted octanol–water partition coefficient (Wildman–Crippen LogP) is 3.75. The summed E-state index contributed by atoms with van der Waals surface area (Å²) in [5.74, 6) is 3.49. The minimum absolute atomic E-state index is 0.0102. The van der Waals surface area contributed by atoms with Gasteiger partial charge in [0, 0.05) is 34.6 Å². The van der Waals surface area contributed by atoms with Crippen LogP contribution in [0.4, 0.5) is 0 Å². The van der Waals surface area contributed by atoms with Gasteiger partial charge in [-0.05, 0) is 37.6 Å². The number of fused-ring (bicyclic) bond motifs is 1. The summed E-state index contributed by atoms with van der Waals surface area (Å²) in [5, 5.41) is 13.5. The number of thiophene rings is 1. The highest BCUT2D eigenvalue weighted by Gasteiger charge is 2.49. The van der Waals surface area contributed by atoms with Crippen molar-refractivity contribution in [3.05, 3.63) is 67.8 Å². The SMILES string of the molecule is CC#CC(N)(C(=O)O)C(C)(C)c1cc2c(=O)c(C(=O)NCc3ccc(Cl)cc3)cn(CC)c2s1. The molecule has 1 atom stereocenters. The highest BCUT2D eigenvalue weighted by atomic mass is 35.5. The third kappa shape index (κ3) is 4.47. The second kappa shape index (κ2) is 9.63. The van der Waals surface area contributed by atoms with Crippen LogP contribution in [0.2, 0.25) is 5.02 Å². The Hall–Kier alpha value is -3.12. The van der Waals surface area contributed by atoms with Crippen molar-refractivity contribution in [2.24, 2.45) is 5.73 Å². The van der Waals surface area contributed by atoms with Crippen molar-refractivity contribution in [1.82, 2.24) is 9.88 Å². The zero-order valence-corrected chi connectivity index (χ0v) is 20.9. The molecule has 34 heavy (non-hydrogen) atoms. The Morgan fingerprint density at radius 2 is 1.91 bits per heavy atom. The summed E-state index contributed by atoms with van der Waals surface area (Å²) in [6.45, 7) is 7.56. The number of carbonyl (C=O) groups excluding carboxylic acids is 1. The van der Waals surface area contributed by atoms with Crippen LogP contribution < -0.4 is 16.5 Å². The molecule has 1 unspecified atom stereocenters. The van der Waals surface area contributed by atoms with Crippen LogP contribution in [0.5, 0.6) is 0 Å². The van der Waals surface area contributed by atoms with E-state index in [4.69, 9.17) is 17.3 Å². The number of pyridine rings is 1. The third-order valence-corrected chi connectivity index (χ3v) is 7.71. The third-order valence-electron chi connectivity index (χ3n) is 5.96. The standard InChI is InChI=1S/C25H26ClN3O4S/c1-5-11-25(27,23(32)33)24(3,4)19-12-17-20(30)18(14-29(6-2)22(17)34-19)21(31)28-13-15-7-9-16(26)10-8-15/h7-10,12,14H,6,13,27H2,1-4H3,(H,28,31)(H,32,33). The fourth-order valence-electron chi connectivity index (χ4n) is 3.63. The van der Waals surface area contributed by atoms with Crippen molar-refractivity contribution in [2.75, 3.05) is 0 Å². The molecule has 3 aromatic rings. The second-order valence-corrected chi connectivity index (χ2v) is 9.88. The van der Waals surface area contributed by atoms with Gasteiger partial charge in [0.2, 0.25) is 5.43 Å². The average Bonchev–Trinajstić information content (AvgIpc) is 3.26. The molecule has 1 amide bonds. The average molecular weight is 500 g/mol. The van der Waals surface area contributed by atoms with E-state index < -0.39 is 28.3 Å². The maximum atomic E-state index is 13.3. The molecule has 0 saturated heterocycles. The molecule has 0 fully saturated rings. The predicted molar refractivity (Wildman–Crippen MR) is 135 cm³/mol. The number of amides is 1. The van der Waals surface area contributed by atoms with Crippen molar-refractivity contribution in [2.45, 2.75) is 51.7 Å². The molecule has 0 saturated carbocycles. The van der Waals surface area contributed by atoms with E-state index in [1.807, 2.05) is 11.5 Å². The molecule has 0 aliphatic carbocycles. The number of hydrogen-bond donors (Lipinski definition) is 3. The first kappa shape index (κ1) is 25.5. The van der Waals surface area contributed by atoms with E-state index in [2.05, 4.69) is 17.2 Å². The van der Waals surface area contributed by atoms with Crippen LogP contribution >= 0.6 is 22.9 Å². The van der Waals surface area contributed by atoms with Crippen LogP contribution in [0.3, 0.4) is 0 Å². The van der Waals surface area contributed by atoms with Crippen molar-refractivity contribution < 1.29 is 14.7 Å². The number of aryl methyl sites for hydroxylation is 1. The van der Waals surface area contributed by atoms with E-state index in [1.165, 1.54) is 24.5 Å². The lowest BCUT2D eigenvalue weighted by Crippen LogP contribution is -2.60. The van der Waals surface area contributed by atoms with Gasteiger partial charge in [-0.1, -0.05) is 43.5 Å². The number of nitrogens with one attached hydrogen (secondary N) is 1. The Kier molecular flexibility index (Phi) is 7.22. The number of nitrogens with two attached hydrogens (primary N) is 1. The van der Waals surface area contributed by atoms with Gasteiger partial charge in [0.1, 0.15) is 10.4 Å².